The van der Waals surface area contributed by atoms with Crippen LogP contribution in [-0.2, 0) is 9.59 Å². The van der Waals surface area contributed by atoms with Crippen LogP contribution >= 0.6 is 11.3 Å². The van der Waals surface area contributed by atoms with E-state index in [4.69, 9.17) is 4.42 Å². The normalized spacial score (nSPS) is 17.6. The molecule has 1 saturated heterocycles. The lowest BCUT2D eigenvalue weighted by Crippen LogP contribution is -2.29. The lowest BCUT2D eigenvalue weighted by Gasteiger charge is -2.22. The Morgan fingerprint density at radius 3 is 2.53 bits per heavy atom. The Labute approximate surface area is 195 Å². The number of aliphatic hydroxyl groups is 1. The number of rotatable bonds is 4. The van der Waals surface area contributed by atoms with Crippen LogP contribution in [0.1, 0.15) is 28.7 Å². The summed E-state index contributed by atoms with van der Waals surface area (Å²) in [6.45, 7) is 3.33. The number of nitroso groups, excluding NO2 is 1. The van der Waals surface area contributed by atoms with Gasteiger partial charge in [0.05, 0.1) is 27.4 Å². The molecule has 0 bridgehead atoms. The number of thiazole rings is 1. The first kappa shape index (κ1) is 21.7. The van der Waals surface area contributed by atoms with Gasteiger partial charge in [-0.15, -0.1) is 4.91 Å². The van der Waals surface area contributed by atoms with E-state index in [9.17, 15) is 24.0 Å². The van der Waals surface area contributed by atoms with E-state index in [1.807, 2.05) is 0 Å². The highest BCUT2D eigenvalue weighted by Gasteiger charge is 2.48. The van der Waals surface area contributed by atoms with E-state index in [2.05, 4.69) is 10.2 Å². The number of benzene rings is 2. The zero-order valence-electron chi connectivity index (χ0n) is 17.9. The molecule has 0 aliphatic carbocycles. The first-order valence-electron chi connectivity index (χ1n) is 10.2. The number of halogens is 1. The summed E-state index contributed by atoms with van der Waals surface area (Å²) in [6.07, 6.45) is 0. The molecule has 34 heavy (non-hydrogen) atoms. The molecule has 2 aromatic carbocycles. The van der Waals surface area contributed by atoms with E-state index in [-0.39, 0.29) is 22.0 Å². The van der Waals surface area contributed by atoms with Crippen molar-refractivity contribution in [3.8, 4) is 0 Å². The van der Waals surface area contributed by atoms with Crippen molar-refractivity contribution in [1.82, 2.24) is 4.98 Å². The quantitative estimate of drug-likeness (QED) is 0.175. The van der Waals surface area contributed by atoms with Gasteiger partial charge in [0.1, 0.15) is 28.8 Å². The molecule has 1 atom stereocenters. The Bertz CT molecular complexity index is 1520. The summed E-state index contributed by atoms with van der Waals surface area (Å²) in [6, 6.07) is 10.5. The van der Waals surface area contributed by atoms with Crippen LogP contribution in [0.2, 0.25) is 0 Å². The van der Waals surface area contributed by atoms with Gasteiger partial charge in [-0.05, 0) is 61.0 Å². The number of anilines is 1. The molecule has 1 aliphatic heterocycles. The summed E-state index contributed by atoms with van der Waals surface area (Å²) < 4.78 is 19.7. The Morgan fingerprint density at radius 1 is 1.15 bits per heavy atom. The monoisotopic (exact) mass is 477 g/mol. The molecule has 0 radical (unpaired) electrons. The molecule has 1 aliphatic rings. The van der Waals surface area contributed by atoms with Gasteiger partial charge in [0.2, 0.25) is 0 Å². The maximum atomic E-state index is 13.7. The van der Waals surface area contributed by atoms with Crippen molar-refractivity contribution in [3.05, 3.63) is 87.5 Å². The zero-order chi connectivity index (χ0) is 24.1. The van der Waals surface area contributed by atoms with Crippen LogP contribution in [0.15, 0.2) is 63.7 Å². The summed E-state index contributed by atoms with van der Waals surface area (Å²) in [5, 5.41) is 14.2. The highest BCUT2D eigenvalue weighted by atomic mass is 32.1. The van der Waals surface area contributed by atoms with Crippen molar-refractivity contribution in [2.24, 2.45) is 5.18 Å². The van der Waals surface area contributed by atoms with Crippen molar-refractivity contribution < 1.29 is 23.5 Å². The minimum atomic E-state index is -1.06. The summed E-state index contributed by atoms with van der Waals surface area (Å²) in [5.41, 5.74) is 1.25. The van der Waals surface area contributed by atoms with E-state index in [0.29, 0.717) is 27.3 Å². The summed E-state index contributed by atoms with van der Waals surface area (Å²) >= 11 is 1.09. The second-order valence-corrected chi connectivity index (χ2v) is 8.80. The van der Waals surface area contributed by atoms with Crippen LogP contribution in [0.3, 0.4) is 0 Å². The Morgan fingerprint density at radius 2 is 1.88 bits per heavy atom. The number of aryl methyl sites for hydroxylation is 2. The van der Waals surface area contributed by atoms with Gasteiger partial charge < -0.3 is 9.52 Å². The molecule has 5 rings (SSSR count). The average Bonchev–Trinajstić information content (AvgIpc) is 3.46. The van der Waals surface area contributed by atoms with Crippen LogP contribution in [0, 0.1) is 24.6 Å². The molecule has 0 saturated carbocycles. The third-order valence-corrected chi connectivity index (χ3v) is 6.62. The molecule has 170 valence electrons. The fourth-order valence-corrected chi connectivity index (χ4v) is 5.09. The number of aromatic nitrogens is 1. The number of aliphatic hydroxyl groups excluding tert-OH is 1. The number of carbonyl (C=O) groups excluding carboxylic acids is 2. The van der Waals surface area contributed by atoms with Gasteiger partial charge in [-0.1, -0.05) is 23.5 Å². The molecule has 1 N–H and O–H groups in total. The second-order valence-electron chi connectivity index (χ2n) is 7.79. The second kappa shape index (κ2) is 7.99. The summed E-state index contributed by atoms with van der Waals surface area (Å²) in [7, 11) is 0. The molecule has 4 aromatic rings. The van der Waals surface area contributed by atoms with Crippen molar-refractivity contribution >= 4 is 49.8 Å². The van der Waals surface area contributed by atoms with Crippen molar-refractivity contribution in [1.29, 1.82) is 0 Å². The lowest BCUT2D eigenvalue weighted by atomic mass is 9.95. The van der Waals surface area contributed by atoms with Crippen LogP contribution < -0.4 is 4.90 Å². The topological polar surface area (TPSA) is 113 Å². The molecule has 2 aromatic heterocycles. The number of nitrogens with zero attached hydrogens (tertiary/aromatic N) is 3. The van der Waals surface area contributed by atoms with E-state index < -0.39 is 29.3 Å². The molecule has 0 spiro atoms. The molecule has 10 heteroatoms. The maximum Gasteiger partial charge on any atom is 0.301 e. The lowest BCUT2D eigenvalue weighted by molar-refractivity contribution is -0.132. The zero-order valence-corrected chi connectivity index (χ0v) is 18.7. The van der Waals surface area contributed by atoms with E-state index in [1.54, 1.807) is 26.0 Å². The fourth-order valence-electron chi connectivity index (χ4n) is 4.06. The maximum absolute atomic E-state index is 13.7. The summed E-state index contributed by atoms with van der Waals surface area (Å²) in [5.74, 6) is -1.76. The first-order chi connectivity index (χ1) is 16.3. The van der Waals surface area contributed by atoms with Crippen molar-refractivity contribution in [2.75, 3.05) is 4.90 Å². The predicted octanol–water partition coefficient (Wildman–Crippen LogP) is 5.67. The molecule has 1 unspecified atom stereocenters. The largest absolute Gasteiger partial charge is 0.507 e. The van der Waals surface area contributed by atoms with Gasteiger partial charge in [0.15, 0.2) is 5.13 Å². The van der Waals surface area contributed by atoms with E-state index >= 15 is 0 Å². The molecule has 8 nitrogen and oxygen atoms in total. The van der Waals surface area contributed by atoms with E-state index in [1.165, 1.54) is 41.3 Å². The smallest absolute Gasteiger partial charge is 0.301 e. The first-order valence-corrected chi connectivity index (χ1v) is 11.0. The highest BCUT2D eigenvalue weighted by Crippen LogP contribution is 2.45. The minimum Gasteiger partial charge on any atom is -0.507 e. The Hall–Kier alpha value is -4.18. The fraction of sp³-hybridized carbons (Fsp3) is 0.125. The Balaban J connectivity index is 1.74. The van der Waals surface area contributed by atoms with Crippen molar-refractivity contribution in [2.45, 2.75) is 19.9 Å². The number of hydrogen-bond donors (Lipinski definition) is 1. The molecular weight excluding hydrogens is 461 g/mol. The number of fused-ring (bicyclic) bond motifs is 1. The highest BCUT2D eigenvalue weighted by molar-refractivity contribution is 7.22. The number of carbonyl (C=O) groups is 2. The number of furan rings is 1. The van der Waals surface area contributed by atoms with E-state index in [0.717, 1.165) is 11.3 Å². The van der Waals surface area contributed by atoms with Gasteiger partial charge in [0, 0.05) is 0 Å². The summed E-state index contributed by atoms with van der Waals surface area (Å²) in [4.78, 5) is 43.0. The van der Waals surface area contributed by atoms with Crippen LogP contribution in [0.25, 0.3) is 16.0 Å². The minimum absolute atomic E-state index is 0.157. The Kier molecular flexibility index (Phi) is 5.09. The van der Waals surface area contributed by atoms with Gasteiger partial charge >= 0.3 is 5.91 Å². The molecule has 3 heterocycles. The third-order valence-electron chi connectivity index (χ3n) is 5.60. The van der Waals surface area contributed by atoms with Crippen LogP contribution in [0.4, 0.5) is 15.2 Å². The molecule has 1 amide bonds. The van der Waals surface area contributed by atoms with Gasteiger partial charge in [-0.25, -0.2) is 9.37 Å². The average molecular weight is 477 g/mol. The third kappa shape index (κ3) is 3.39. The molecule has 1 fully saturated rings. The number of amides is 1. The number of Topliss-reactive ketones (excluding diaryl/α,β-unsaturated/α-hetero) is 1. The van der Waals surface area contributed by atoms with Gasteiger partial charge in [-0.2, -0.15) is 0 Å². The molecular formula is C24H16FN3O5S. The number of ketones is 1. The van der Waals surface area contributed by atoms with Gasteiger partial charge in [-0.3, -0.25) is 14.5 Å². The predicted molar refractivity (Wildman–Crippen MR) is 124 cm³/mol. The SMILES string of the molecule is Cc1cc(/C(O)=C2\C(=O)C(=O)N(c3nc4ccc(N=O)cc4s3)C2c2ccc(F)cc2)c(C)o1. The van der Waals surface area contributed by atoms with Gasteiger partial charge in [0.25, 0.3) is 5.78 Å². The van der Waals surface area contributed by atoms with Crippen LogP contribution in [0.5, 0.6) is 0 Å². The standard InChI is InChI=1S/C24H16FN3O5S/c1-11-9-16(12(2)33-11)21(29)19-20(13-3-5-14(25)6-4-13)28(23(31)22(19)30)24-26-17-8-7-15(27-32)10-18(17)34-24/h3-10,20,29H,1-2H3/b21-19+. The van der Waals surface area contributed by atoms with Crippen LogP contribution in [-0.4, -0.2) is 21.8 Å². The van der Waals surface area contributed by atoms with Crippen molar-refractivity contribution in [3.63, 3.8) is 0 Å². The number of hydrogen-bond acceptors (Lipinski definition) is 8.